The standard InChI is InChI=1S/C25H24N4O2/c26-21-8-3-7-19(15-21)22-17-29-12-4-9-23(25(29)27-22)31-14-11-24(30)28-13-10-18-5-1-2-6-20(18)16-28/h1-9,12,15,17H,10-11,13-14,16,26H2. The fraction of sp³-hybridized carbons (Fsp3) is 0.200. The fourth-order valence-electron chi connectivity index (χ4n) is 4.05. The van der Waals surface area contributed by atoms with Gasteiger partial charge in [0.05, 0.1) is 18.7 Å². The van der Waals surface area contributed by atoms with Crippen LogP contribution in [0.25, 0.3) is 16.9 Å². The molecule has 0 radical (unpaired) electrons. The molecule has 1 aliphatic heterocycles. The molecular weight excluding hydrogens is 388 g/mol. The minimum Gasteiger partial charge on any atom is -0.489 e. The van der Waals surface area contributed by atoms with Crippen molar-refractivity contribution in [2.75, 3.05) is 18.9 Å². The highest BCUT2D eigenvalue weighted by Crippen LogP contribution is 2.26. The summed E-state index contributed by atoms with van der Waals surface area (Å²) in [7, 11) is 0. The predicted octanol–water partition coefficient (Wildman–Crippen LogP) is 3.94. The van der Waals surface area contributed by atoms with Gasteiger partial charge in [-0.05, 0) is 41.8 Å². The summed E-state index contributed by atoms with van der Waals surface area (Å²) < 4.78 is 7.90. The average Bonchev–Trinajstić information content (AvgIpc) is 3.24. The number of hydrogen-bond acceptors (Lipinski definition) is 4. The zero-order chi connectivity index (χ0) is 21.2. The number of ether oxygens (including phenoxy) is 1. The lowest BCUT2D eigenvalue weighted by atomic mass is 10.00. The molecule has 0 aliphatic carbocycles. The normalized spacial score (nSPS) is 13.2. The molecule has 0 fully saturated rings. The second-order valence-electron chi connectivity index (χ2n) is 7.79. The van der Waals surface area contributed by atoms with Gasteiger partial charge in [-0.3, -0.25) is 4.79 Å². The van der Waals surface area contributed by atoms with E-state index in [1.54, 1.807) is 0 Å². The molecule has 0 unspecified atom stereocenters. The number of hydrogen-bond donors (Lipinski definition) is 1. The van der Waals surface area contributed by atoms with Crippen molar-refractivity contribution in [3.63, 3.8) is 0 Å². The Kier molecular flexibility index (Phi) is 5.04. The number of nitrogens with zero attached hydrogens (tertiary/aromatic N) is 3. The summed E-state index contributed by atoms with van der Waals surface area (Å²) in [4.78, 5) is 19.3. The number of imidazole rings is 1. The van der Waals surface area contributed by atoms with Crippen molar-refractivity contribution in [1.82, 2.24) is 14.3 Å². The molecule has 2 N–H and O–H groups in total. The Morgan fingerprint density at radius 3 is 2.81 bits per heavy atom. The molecule has 1 amide bonds. The summed E-state index contributed by atoms with van der Waals surface area (Å²) in [6.07, 6.45) is 5.13. The van der Waals surface area contributed by atoms with Gasteiger partial charge in [-0.25, -0.2) is 4.98 Å². The molecule has 4 aromatic rings. The number of rotatable bonds is 5. The highest BCUT2D eigenvalue weighted by molar-refractivity contribution is 5.76. The van der Waals surface area contributed by atoms with Crippen LogP contribution in [0.3, 0.4) is 0 Å². The van der Waals surface area contributed by atoms with Crippen molar-refractivity contribution in [3.05, 3.63) is 84.2 Å². The van der Waals surface area contributed by atoms with E-state index in [-0.39, 0.29) is 5.91 Å². The van der Waals surface area contributed by atoms with E-state index in [1.165, 1.54) is 11.1 Å². The van der Waals surface area contributed by atoms with E-state index in [4.69, 9.17) is 15.5 Å². The van der Waals surface area contributed by atoms with Crippen LogP contribution in [0, 0.1) is 0 Å². The van der Waals surface area contributed by atoms with E-state index in [9.17, 15) is 4.79 Å². The van der Waals surface area contributed by atoms with E-state index in [2.05, 4.69) is 18.2 Å². The molecule has 156 valence electrons. The Bertz CT molecular complexity index is 1250. The summed E-state index contributed by atoms with van der Waals surface area (Å²) in [6, 6.07) is 19.8. The molecule has 31 heavy (non-hydrogen) atoms. The van der Waals surface area contributed by atoms with Crippen LogP contribution in [0.4, 0.5) is 5.69 Å². The molecule has 5 rings (SSSR count). The molecule has 6 heteroatoms. The van der Waals surface area contributed by atoms with Crippen LogP contribution in [0.5, 0.6) is 5.75 Å². The van der Waals surface area contributed by atoms with Crippen LogP contribution in [-0.4, -0.2) is 33.3 Å². The zero-order valence-corrected chi connectivity index (χ0v) is 17.2. The molecular formula is C25H24N4O2. The smallest absolute Gasteiger partial charge is 0.226 e. The van der Waals surface area contributed by atoms with Crippen LogP contribution in [-0.2, 0) is 17.8 Å². The number of fused-ring (bicyclic) bond motifs is 2. The number of aromatic nitrogens is 2. The van der Waals surface area contributed by atoms with Gasteiger partial charge in [0.2, 0.25) is 5.91 Å². The van der Waals surface area contributed by atoms with E-state index in [0.29, 0.717) is 31.0 Å². The topological polar surface area (TPSA) is 72.9 Å². The first-order valence-corrected chi connectivity index (χ1v) is 10.5. The van der Waals surface area contributed by atoms with Crippen molar-refractivity contribution >= 4 is 17.2 Å². The predicted molar refractivity (Wildman–Crippen MR) is 121 cm³/mol. The molecule has 0 spiro atoms. The number of pyridine rings is 1. The van der Waals surface area contributed by atoms with Gasteiger partial charge >= 0.3 is 0 Å². The highest BCUT2D eigenvalue weighted by Gasteiger charge is 2.20. The largest absolute Gasteiger partial charge is 0.489 e. The van der Waals surface area contributed by atoms with Gasteiger partial charge in [0.1, 0.15) is 0 Å². The van der Waals surface area contributed by atoms with Gasteiger partial charge in [-0.2, -0.15) is 0 Å². The van der Waals surface area contributed by atoms with E-state index in [1.807, 2.05) is 64.2 Å². The lowest BCUT2D eigenvalue weighted by Crippen LogP contribution is -2.36. The van der Waals surface area contributed by atoms with Crippen molar-refractivity contribution < 1.29 is 9.53 Å². The van der Waals surface area contributed by atoms with Gasteiger partial charge in [-0.1, -0.05) is 36.4 Å². The van der Waals surface area contributed by atoms with Gasteiger partial charge in [-0.15, -0.1) is 0 Å². The number of anilines is 1. The number of carbonyl (C=O) groups is 1. The number of amides is 1. The molecule has 3 heterocycles. The molecule has 1 aliphatic rings. The van der Waals surface area contributed by atoms with Crippen LogP contribution >= 0.6 is 0 Å². The quantitative estimate of drug-likeness (QED) is 0.504. The number of nitrogen functional groups attached to an aromatic ring is 1. The van der Waals surface area contributed by atoms with Crippen LogP contribution < -0.4 is 10.5 Å². The summed E-state index contributed by atoms with van der Waals surface area (Å²) in [5, 5.41) is 0. The lowest BCUT2D eigenvalue weighted by Gasteiger charge is -2.28. The number of carbonyl (C=O) groups excluding carboxylic acids is 1. The van der Waals surface area contributed by atoms with Gasteiger partial charge in [0.25, 0.3) is 0 Å². The van der Waals surface area contributed by atoms with E-state index >= 15 is 0 Å². The highest BCUT2D eigenvalue weighted by atomic mass is 16.5. The van der Waals surface area contributed by atoms with E-state index in [0.717, 1.165) is 29.9 Å². The maximum atomic E-state index is 12.7. The second kappa shape index (κ2) is 8.14. The number of benzene rings is 2. The minimum atomic E-state index is 0.116. The maximum Gasteiger partial charge on any atom is 0.226 e. The molecule has 2 aromatic carbocycles. The Hall–Kier alpha value is -3.80. The lowest BCUT2D eigenvalue weighted by molar-refractivity contribution is -0.132. The minimum absolute atomic E-state index is 0.116. The summed E-state index contributed by atoms with van der Waals surface area (Å²) in [6.45, 7) is 1.75. The van der Waals surface area contributed by atoms with Crippen molar-refractivity contribution in [2.24, 2.45) is 0 Å². The summed E-state index contributed by atoms with van der Waals surface area (Å²) >= 11 is 0. The Balaban J connectivity index is 1.25. The molecule has 0 saturated heterocycles. The fourth-order valence-corrected chi connectivity index (χ4v) is 4.05. The van der Waals surface area contributed by atoms with Crippen molar-refractivity contribution in [1.29, 1.82) is 0 Å². The molecule has 0 saturated carbocycles. The first kappa shape index (κ1) is 19.2. The summed E-state index contributed by atoms with van der Waals surface area (Å²) in [5.41, 5.74) is 11.7. The Morgan fingerprint density at radius 1 is 1.06 bits per heavy atom. The van der Waals surface area contributed by atoms with Gasteiger partial charge in [0, 0.05) is 36.7 Å². The second-order valence-corrected chi connectivity index (χ2v) is 7.79. The molecule has 0 bridgehead atoms. The Morgan fingerprint density at radius 2 is 1.94 bits per heavy atom. The van der Waals surface area contributed by atoms with Gasteiger partial charge in [0.15, 0.2) is 11.4 Å². The first-order valence-electron chi connectivity index (χ1n) is 10.5. The van der Waals surface area contributed by atoms with Crippen molar-refractivity contribution in [2.45, 2.75) is 19.4 Å². The maximum absolute atomic E-state index is 12.7. The SMILES string of the molecule is Nc1cccc(-c2cn3cccc(OCCC(=O)N4CCc5ccccc5C4)c3n2)c1. The zero-order valence-electron chi connectivity index (χ0n) is 17.2. The third kappa shape index (κ3) is 3.97. The summed E-state index contributed by atoms with van der Waals surface area (Å²) in [5.74, 6) is 0.777. The van der Waals surface area contributed by atoms with Crippen LogP contribution in [0.1, 0.15) is 17.5 Å². The van der Waals surface area contributed by atoms with Gasteiger partial charge < -0.3 is 19.8 Å². The van der Waals surface area contributed by atoms with Crippen LogP contribution in [0.15, 0.2) is 73.1 Å². The molecule has 0 atom stereocenters. The van der Waals surface area contributed by atoms with Crippen molar-refractivity contribution in [3.8, 4) is 17.0 Å². The number of nitrogens with two attached hydrogens (primary N) is 1. The Labute approximate surface area is 180 Å². The third-order valence-electron chi connectivity index (χ3n) is 5.69. The van der Waals surface area contributed by atoms with Crippen LogP contribution in [0.2, 0.25) is 0 Å². The third-order valence-corrected chi connectivity index (χ3v) is 5.69. The monoisotopic (exact) mass is 412 g/mol. The molecule has 2 aromatic heterocycles. The molecule has 6 nitrogen and oxygen atoms in total. The average molecular weight is 412 g/mol. The first-order chi connectivity index (χ1) is 15.2. The van der Waals surface area contributed by atoms with E-state index < -0.39 is 0 Å².